The van der Waals surface area contributed by atoms with Crippen molar-refractivity contribution in [1.29, 1.82) is 5.26 Å². The van der Waals surface area contributed by atoms with E-state index in [4.69, 9.17) is 24.3 Å². The summed E-state index contributed by atoms with van der Waals surface area (Å²) in [6.45, 7) is 13.1. The number of nitrogens with zero attached hydrogens (tertiary/aromatic N) is 5. The first-order chi connectivity index (χ1) is 18.7. The van der Waals surface area contributed by atoms with Gasteiger partial charge in [0.2, 0.25) is 5.88 Å². The monoisotopic (exact) mass is 565 g/mol. The Balaban J connectivity index is 1.69. The summed E-state index contributed by atoms with van der Waals surface area (Å²) in [5.41, 5.74) is 5.18. The lowest BCUT2D eigenvalue weighted by molar-refractivity contribution is -0.0250. The first-order valence-corrected chi connectivity index (χ1v) is 17.7. The molecule has 206 valence electrons. The lowest BCUT2D eigenvalue weighted by Gasteiger charge is -2.25. The van der Waals surface area contributed by atoms with Gasteiger partial charge in [-0.3, -0.25) is 0 Å². The second-order valence-corrected chi connectivity index (χ2v) is 17.9. The fraction of sp³-hybridized carbons (Fsp3) is 0.464. The molecular formula is C28H35N5O4SSi. The van der Waals surface area contributed by atoms with Crippen LogP contribution in [0.3, 0.4) is 0 Å². The Labute approximate surface area is 233 Å². The van der Waals surface area contributed by atoms with Crippen LogP contribution in [0.4, 0.5) is 0 Å². The van der Waals surface area contributed by atoms with Crippen LogP contribution in [-0.4, -0.2) is 65.0 Å². The summed E-state index contributed by atoms with van der Waals surface area (Å²) in [7, 11) is -1.26. The Morgan fingerprint density at radius 1 is 1.26 bits per heavy atom. The van der Waals surface area contributed by atoms with Crippen molar-refractivity contribution >= 4 is 30.4 Å². The zero-order chi connectivity index (χ0) is 27.7. The largest absolute Gasteiger partial charge is 0.475 e. The van der Waals surface area contributed by atoms with Crippen molar-refractivity contribution in [3.63, 3.8) is 0 Å². The van der Waals surface area contributed by atoms with Gasteiger partial charge in [-0.2, -0.15) is 10.4 Å². The average Bonchev–Trinajstić information content (AvgIpc) is 3.53. The third kappa shape index (κ3) is 5.53. The third-order valence-electron chi connectivity index (χ3n) is 6.81. The Morgan fingerprint density at radius 2 is 2.08 bits per heavy atom. The summed E-state index contributed by atoms with van der Waals surface area (Å²) in [5, 5.41) is 25.0. The maximum atomic E-state index is 10.0. The van der Waals surface area contributed by atoms with Gasteiger partial charge in [0.1, 0.15) is 36.0 Å². The Morgan fingerprint density at radius 3 is 2.82 bits per heavy atom. The number of rotatable bonds is 10. The van der Waals surface area contributed by atoms with E-state index in [9.17, 15) is 10.4 Å². The number of pyridine rings is 1. The molecule has 1 N–H and O–H groups in total. The molecule has 39 heavy (non-hydrogen) atoms. The number of aromatic nitrogens is 4. The molecule has 0 spiro atoms. The summed E-state index contributed by atoms with van der Waals surface area (Å²) < 4.78 is 22.2. The molecular weight excluding hydrogens is 530 g/mol. The van der Waals surface area contributed by atoms with Crippen molar-refractivity contribution in [2.75, 3.05) is 26.4 Å². The van der Waals surface area contributed by atoms with Crippen LogP contribution in [0.15, 0.2) is 24.4 Å². The highest BCUT2D eigenvalue weighted by molar-refractivity contribution is 7.13. The number of aryl methyl sites for hydroxylation is 2. The van der Waals surface area contributed by atoms with Gasteiger partial charge >= 0.3 is 0 Å². The molecule has 0 saturated heterocycles. The van der Waals surface area contributed by atoms with E-state index in [0.717, 1.165) is 50.0 Å². The van der Waals surface area contributed by atoms with E-state index in [1.54, 1.807) is 6.20 Å². The van der Waals surface area contributed by atoms with Crippen LogP contribution >= 0.6 is 11.3 Å². The molecule has 5 heterocycles. The van der Waals surface area contributed by atoms with Gasteiger partial charge in [0, 0.05) is 42.3 Å². The van der Waals surface area contributed by atoms with Crippen LogP contribution in [-0.2, 0) is 22.7 Å². The molecule has 0 radical (unpaired) electrons. The molecule has 9 nitrogen and oxygen atoms in total. The van der Waals surface area contributed by atoms with Crippen molar-refractivity contribution in [3.05, 3.63) is 39.8 Å². The quantitative estimate of drug-likeness (QED) is 0.208. The van der Waals surface area contributed by atoms with Crippen LogP contribution in [0.5, 0.6) is 5.88 Å². The van der Waals surface area contributed by atoms with Gasteiger partial charge in [0.25, 0.3) is 0 Å². The van der Waals surface area contributed by atoms with Crippen molar-refractivity contribution in [2.45, 2.75) is 58.9 Å². The van der Waals surface area contributed by atoms with E-state index < -0.39 is 8.07 Å². The van der Waals surface area contributed by atoms with Crippen LogP contribution in [0.1, 0.15) is 15.4 Å². The predicted octanol–water partition coefficient (Wildman–Crippen LogP) is 5.20. The molecule has 1 atom stereocenters. The fourth-order valence-electron chi connectivity index (χ4n) is 4.99. The summed E-state index contributed by atoms with van der Waals surface area (Å²) >= 11 is 1.49. The maximum absolute atomic E-state index is 10.0. The zero-order valence-corrected chi connectivity index (χ0v) is 25.0. The molecule has 4 aromatic heterocycles. The van der Waals surface area contributed by atoms with Crippen LogP contribution in [0, 0.1) is 25.2 Å². The minimum absolute atomic E-state index is 0.0395. The van der Waals surface area contributed by atoms with Crippen molar-refractivity contribution in [1.82, 2.24) is 19.3 Å². The minimum Gasteiger partial charge on any atom is -0.475 e. The average molecular weight is 566 g/mol. The molecule has 0 amide bonds. The predicted molar refractivity (Wildman–Crippen MR) is 155 cm³/mol. The van der Waals surface area contributed by atoms with E-state index in [1.807, 2.05) is 24.6 Å². The normalized spacial score (nSPS) is 15.4. The molecule has 1 aliphatic heterocycles. The molecule has 0 fully saturated rings. The molecule has 1 aliphatic rings. The van der Waals surface area contributed by atoms with E-state index in [2.05, 4.69) is 42.4 Å². The highest BCUT2D eigenvalue weighted by atomic mass is 32.1. The van der Waals surface area contributed by atoms with Gasteiger partial charge in [0.15, 0.2) is 0 Å². The van der Waals surface area contributed by atoms with Crippen LogP contribution in [0.2, 0.25) is 25.7 Å². The number of ether oxygens (including phenoxy) is 3. The number of fused-ring (bicyclic) bond motifs is 2. The summed E-state index contributed by atoms with van der Waals surface area (Å²) in [5.74, 6) is 0.661. The number of nitriles is 1. The smallest absolute Gasteiger partial charge is 0.221 e. The van der Waals surface area contributed by atoms with E-state index in [0.29, 0.717) is 37.2 Å². The minimum atomic E-state index is -1.26. The molecule has 0 unspecified atom stereocenters. The number of hydrogen-bond acceptors (Lipinski definition) is 8. The standard InChI is InChI=1S/C28H35N5O4SSi/c1-18-13-22(23(14-29)38-18)25-21-7-6-8-30-27(21)32(17-35-11-12-39(3,4)5)26(25)24-19(2)31-33-15-20(36-10-9-34)16-37-28(24)33/h6-8,13,20,34H,9-12,15-17H2,1-5H3/t20-/m0/s1. The lowest BCUT2D eigenvalue weighted by atomic mass is 9.99. The van der Waals surface area contributed by atoms with Crippen LogP contribution < -0.4 is 4.74 Å². The van der Waals surface area contributed by atoms with Crippen molar-refractivity contribution in [3.8, 4) is 34.3 Å². The fourth-order valence-corrected chi connectivity index (χ4v) is 6.56. The van der Waals surface area contributed by atoms with Gasteiger partial charge in [-0.1, -0.05) is 19.6 Å². The second kappa shape index (κ2) is 11.2. The molecule has 0 bridgehead atoms. The van der Waals surface area contributed by atoms with Gasteiger partial charge in [-0.25, -0.2) is 9.67 Å². The van der Waals surface area contributed by atoms with E-state index >= 15 is 0 Å². The molecule has 5 rings (SSSR count). The van der Waals surface area contributed by atoms with E-state index in [-0.39, 0.29) is 19.3 Å². The topological polar surface area (TPSA) is 107 Å². The molecule has 0 saturated carbocycles. The second-order valence-electron chi connectivity index (χ2n) is 11.1. The van der Waals surface area contributed by atoms with Crippen LogP contribution in [0.25, 0.3) is 33.4 Å². The summed E-state index contributed by atoms with van der Waals surface area (Å²) in [6.07, 6.45) is 1.59. The summed E-state index contributed by atoms with van der Waals surface area (Å²) in [6, 6.07) is 9.53. The van der Waals surface area contributed by atoms with Crippen molar-refractivity contribution in [2.24, 2.45) is 0 Å². The highest BCUT2D eigenvalue weighted by Gasteiger charge is 2.32. The number of aliphatic hydroxyl groups excluding tert-OH is 1. The first kappa shape index (κ1) is 27.5. The Kier molecular flexibility index (Phi) is 7.93. The Hall–Kier alpha value is -3.01. The van der Waals surface area contributed by atoms with Gasteiger partial charge in [-0.05, 0) is 38.1 Å². The SMILES string of the molecule is Cc1cc(-c2c(-c3c(C)nn4c3OC[C@@H](OCCO)C4)n(COCC[Si](C)(C)C)c3ncccc23)c(C#N)s1. The summed E-state index contributed by atoms with van der Waals surface area (Å²) in [4.78, 5) is 6.50. The number of thiophene rings is 1. The lowest BCUT2D eigenvalue weighted by Crippen LogP contribution is -2.33. The van der Waals surface area contributed by atoms with Gasteiger partial charge in [-0.15, -0.1) is 11.3 Å². The third-order valence-corrected chi connectivity index (χ3v) is 9.47. The first-order valence-electron chi connectivity index (χ1n) is 13.2. The molecule has 0 aliphatic carbocycles. The zero-order valence-electron chi connectivity index (χ0n) is 23.2. The molecule has 0 aromatic carbocycles. The number of aliphatic hydroxyl groups is 1. The number of hydrogen-bond donors (Lipinski definition) is 1. The molecule has 4 aromatic rings. The van der Waals surface area contributed by atoms with Gasteiger partial charge < -0.3 is 23.9 Å². The highest BCUT2D eigenvalue weighted by Crippen LogP contribution is 2.47. The van der Waals surface area contributed by atoms with Crippen molar-refractivity contribution < 1.29 is 19.3 Å². The molecule has 11 heteroatoms. The van der Waals surface area contributed by atoms with Gasteiger partial charge in [0.05, 0.1) is 36.7 Å². The maximum Gasteiger partial charge on any atom is 0.221 e. The van der Waals surface area contributed by atoms with E-state index in [1.165, 1.54) is 11.3 Å². The Bertz CT molecular complexity index is 1530.